The lowest BCUT2D eigenvalue weighted by atomic mass is 10.3. The summed E-state index contributed by atoms with van der Waals surface area (Å²) in [5, 5.41) is 0. The Balaban J connectivity index is 2.91. The number of halogens is 1. The normalized spacial score (nSPS) is 10.6. The minimum atomic E-state index is -0.289. The van der Waals surface area contributed by atoms with Gasteiger partial charge in [0.25, 0.3) is 0 Å². The third-order valence-electron chi connectivity index (χ3n) is 1.41. The lowest BCUT2D eigenvalue weighted by Gasteiger charge is -1.92. The lowest BCUT2D eigenvalue weighted by Crippen LogP contribution is -1.85. The van der Waals surface area contributed by atoms with Gasteiger partial charge in [0.15, 0.2) is 0 Å². The molecule has 56 valence electrons. The van der Waals surface area contributed by atoms with Gasteiger partial charge in [0.05, 0.1) is 15.7 Å². The largest absolute Gasteiger partial charge is 0.399 e. The summed E-state index contributed by atoms with van der Waals surface area (Å²) in [7, 11) is 0. The predicted molar refractivity (Wildman–Crippen MR) is 44.0 cm³/mol. The summed E-state index contributed by atoms with van der Waals surface area (Å²) in [5.41, 5.74) is 8.06. The van der Waals surface area contributed by atoms with Gasteiger partial charge in [-0.3, -0.25) is 0 Å². The first-order chi connectivity index (χ1) is 5.27. The number of anilines is 1. The zero-order valence-electron chi connectivity index (χ0n) is 5.54. The maximum absolute atomic E-state index is 13.0. The Morgan fingerprint density at radius 2 is 2.27 bits per heavy atom. The van der Waals surface area contributed by atoms with Crippen LogP contribution in [-0.4, -0.2) is 4.98 Å². The quantitative estimate of drug-likeness (QED) is 0.611. The summed E-state index contributed by atoms with van der Waals surface area (Å²) in [6.45, 7) is 0. The average molecular weight is 168 g/mol. The molecule has 0 aliphatic carbocycles. The number of hydrogen-bond donors (Lipinski definition) is 1. The Bertz CT molecular complexity index is 396. The molecule has 1 heterocycles. The van der Waals surface area contributed by atoms with E-state index in [9.17, 15) is 4.39 Å². The van der Waals surface area contributed by atoms with E-state index in [4.69, 9.17) is 5.73 Å². The standard InChI is InChI=1S/C7H5FN2S/c8-5-1-4(9)2-6-7(5)11-3-10-6/h1-3H,9H2. The van der Waals surface area contributed by atoms with E-state index in [0.717, 1.165) is 0 Å². The highest BCUT2D eigenvalue weighted by Gasteiger charge is 2.03. The maximum atomic E-state index is 13.0. The molecule has 2 nitrogen and oxygen atoms in total. The first kappa shape index (κ1) is 6.54. The number of nitrogens with zero attached hydrogens (tertiary/aromatic N) is 1. The van der Waals surface area contributed by atoms with Crippen molar-refractivity contribution in [1.82, 2.24) is 4.98 Å². The number of nitrogens with two attached hydrogens (primary N) is 1. The molecular weight excluding hydrogens is 163 g/mol. The van der Waals surface area contributed by atoms with Crippen molar-refractivity contribution in [1.29, 1.82) is 0 Å². The van der Waals surface area contributed by atoms with E-state index in [1.54, 1.807) is 11.6 Å². The van der Waals surface area contributed by atoms with Gasteiger partial charge in [0.1, 0.15) is 5.82 Å². The molecule has 0 spiro atoms. The number of rotatable bonds is 0. The fraction of sp³-hybridized carbons (Fsp3) is 0. The molecule has 11 heavy (non-hydrogen) atoms. The van der Waals surface area contributed by atoms with Gasteiger partial charge in [0, 0.05) is 5.69 Å². The number of nitrogen functional groups attached to an aromatic ring is 1. The smallest absolute Gasteiger partial charge is 0.144 e. The van der Waals surface area contributed by atoms with E-state index in [2.05, 4.69) is 4.98 Å². The minimum Gasteiger partial charge on any atom is -0.399 e. The van der Waals surface area contributed by atoms with E-state index in [1.165, 1.54) is 17.4 Å². The zero-order chi connectivity index (χ0) is 7.84. The molecule has 0 saturated carbocycles. The van der Waals surface area contributed by atoms with Gasteiger partial charge in [-0.25, -0.2) is 9.37 Å². The first-order valence-electron chi connectivity index (χ1n) is 3.05. The Morgan fingerprint density at radius 3 is 3.09 bits per heavy atom. The highest BCUT2D eigenvalue weighted by Crippen LogP contribution is 2.23. The fourth-order valence-corrected chi connectivity index (χ4v) is 1.62. The van der Waals surface area contributed by atoms with Crippen LogP contribution in [-0.2, 0) is 0 Å². The second-order valence-corrected chi connectivity index (χ2v) is 3.06. The summed E-state index contributed by atoms with van der Waals surface area (Å²) in [6, 6.07) is 2.97. The highest BCUT2D eigenvalue weighted by atomic mass is 32.1. The Hall–Kier alpha value is -1.16. The number of hydrogen-bond acceptors (Lipinski definition) is 3. The molecule has 0 unspecified atom stereocenters. The number of benzene rings is 1. The van der Waals surface area contributed by atoms with Crippen LogP contribution >= 0.6 is 11.3 Å². The van der Waals surface area contributed by atoms with Gasteiger partial charge in [0.2, 0.25) is 0 Å². The van der Waals surface area contributed by atoms with Crippen LogP contribution in [0.2, 0.25) is 0 Å². The van der Waals surface area contributed by atoms with Crippen molar-refractivity contribution in [2.45, 2.75) is 0 Å². The lowest BCUT2D eigenvalue weighted by molar-refractivity contribution is 0.642. The van der Waals surface area contributed by atoms with E-state index in [0.29, 0.717) is 15.9 Å². The SMILES string of the molecule is Nc1cc(F)c2scnc2c1. The molecule has 2 rings (SSSR count). The molecule has 0 bridgehead atoms. The Kier molecular flexibility index (Phi) is 1.29. The molecule has 1 aromatic heterocycles. The molecule has 0 aliphatic heterocycles. The molecule has 2 aromatic rings. The van der Waals surface area contributed by atoms with Crippen molar-refractivity contribution in [2.24, 2.45) is 0 Å². The van der Waals surface area contributed by atoms with E-state index in [1.807, 2.05) is 0 Å². The summed E-state index contributed by atoms with van der Waals surface area (Å²) >= 11 is 1.28. The van der Waals surface area contributed by atoms with Crippen molar-refractivity contribution < 1.29 is 4.39 Å². The molecule has 4 heteroatoms. The average Bonchev–Trinajstić information content (AvgIpc) is 2.34. The number of thiazole rings is 1. The molecule has 1 aromatic carbocycles. The van der Waals surface area contributed by atoms with Gasteiger partial charge >= 0.3 is 0 Å². The fourth-order valence-electron chi connectivity index (χ4n) is 0.948. The molecule has 0 atom stereocenters. The summed E-state index contributed by atoms with van der Waals surface area (Å²) in [6.07, 6.45) is 0. The summed E-state index contributed by atoms with van der Waals surface area (Å²) in [5.74, 6) is -0.289. The summed E-state index contributed by atoms with van der Waals surface area (Å²) in [4.78, 5) is 3.94. The Morgan fingerprint density at radius 1 is 1.45 bits per heavy atom. The van der Waals surface area contributed by atoms with Crippen molar-refractivity contribution in [3.8, 4) is 0 Å². The molecule has 0 aliphatic rings. The molecule has 0 fully saturated rings. The second-order valence-electron chi connectivity index (χ2n) is 2.20. The van der Waals surface area contributed by atoms with E-state index in [-0.39, 0.29) is 5.82 Å². The van der Waals surface area contributed by atoms with Crippen LogP contribution in [0.15, 0.2) is 17.6 Å². The third-order valence-corrected chi connectivity index (χ3v) is 2.26. The number of aromatic nitrogens is 1. The Labute approximate surface area is 66.5 Å². The van der Waals surface area contributed by atoms with Gasteiger partial charge in [-0.2, -0.15) is 0 Å². The molecule has 0 radical (unpaired) electrons. The van der Waals surface area contributed by atoms with Gasteiger partial charge in [-0.05, 0) is 12.1 Å². The first-order valence-corrected chi connectivity index (χ1v) is 3.93. The van der Waals surface area contributed by atoms with Crippen LogP contribution in [0, 0.1) is 5.82 Å². The molecule has 0 amide bonds. The van der Waals surface area contributed by atoms with E-state index >= 15 is 0 Å². The van der Waals surface area contributed by atoms with E-state index < -0.39 is 0 Å². The van der Waals surface area contributed by atoms with Crippen molar-refractivity contribution in [3.63, 3.8) is 0 Å². The van der Waals surface area contributed by atoms with Crippen LogP contribution in [0.3, 0.4) is 0 Å². The van der Waals surface area contributed by atoms with Crippen LogP contribution in [0.4, 0.5) is 10.1 Å². The highest BCUT2D eigenvalue weighted by molar-refractivity contribution is 7.16. The topological polar surface area (TPSA) is 38.9 Å². The zero-order valence-corrected chi connectivity index (χ0v) is 6.36. The maximum Gasteiger partial charge on any atom is 0.144 e. The van der Waals surface area contributed by atoms with Crippen LogP contribution < -0.4 is 5.73 Å². The molecule has 0 saturated heterocycles. The van der Waals surface area contributed by atoms with Crippen molar-refractivity contribution in [3.05, 3.63) is 23.5 Å². The van der Waals surface area contributed by atoms with Gasteiger partial charge in [-0.15, -0.1) is 11.3 Å². The monoisotopic (exact) mass is 168 g/mol. The number of fused-ring (bicyclic) bond motifs is 1. The van der Waals surface area contributed by atoms with Crippen LogP contribution in [0.25, 0.3) is 10.2 Å². The van der Waals surface area contributed by atoms with Crippen LogP contribution in [0.1, 0.15) is 0 Å². The second kappa shape index (κ2) is 2.17. The minimum absolute atomic E-state index is 0.289. The van der Waals surface area contributed by atoms with Crippen molar-refractivity contribution in [2.75, 3.05) is 5.73 Å². The van der Waals surface area contributed by atoms with Gasteiger partial charge < -0.3 is 5.73 Å². The van der Waals surface area contributed by atoms with Crippen molar-refractivity contribution >= 4 is 27.2 Å². The molecule has 2 N–H and O–H groups in total. The third kappa shape index (κ3) is 0.952. The van der Waals surface area contributed by atoms with Gasteiger partial charge in [-0.1, -0.05) is 0 Å². The van der Waals surface area contributed by atoms with Crippen LogP contribution in [0.5, 0.6) is 0 Å². The molecular formula is C7H5FN2S. The predicted octanol–water partition coefficient (Wildman–Crippen LogP) is 2.02. The summed E-state index contributed by atoms with van der Waals surface area (Å²) < 4.78 is 13.5.